The summed E-state index contributed by atoms with van der Waals surface area (Å²) < 4.78 is 39.4. The largest absolute Gasteiger partial charge is 0.288 e. The molecule has 0 bridgehead atoms. The summed E-state index contributed by atoms with van der Waals surface area (Å²) in [6.07, 6.45) is -1.94. The zero-order valence-corrected chi connectivity index (χ0v) is 11.5. The summed E-state index contributed by atoms with van der Waals surface area (Å²) in [7, 11) is 0. The molecule has 0 aliphatic carbocycles. The van der Waals surface area contributed by atoms with Gasteiger partial charge in [0.1, 0.15) is 16.5 Å². The van der Waals surface area contributed by atoms with E-state index in [4.69, 9.17) is 23.2 Å². The predicted molar refractivity (Wildman–Crippen MR) is 71.3 cm³/mol. The maximum absolute atomic E-state index is 13.9. The lowest BCUT2D eigenvalue weighted by atomic mass is 10.0. The van der Waals surface area contributed by atoms with Gasteiger partial charge in [-0.3, -0.25) is 15.1 Å². The Morgan fingerprint density at radius 2 is 1.90 bits per heavy atom. The SMILES string of the molecule is O=[N+]([O-])c1cc(-c2ccnc(C(F)F)c2Cl)c(F)cc1Cl. The quantitative estimate of drug-likeness (QED) is 0.582. The van der Waals surface area contributed by atoms with Crippen LogP contribution in [0.25, 0.3) is 11.1 Å². The summed E-state index contributed by atoms with van der Waals surface area (Å²) in [5.74, 6) is -0.918. The number of benzene rings is 1. The Morgan fingerprint density at radius 3 is 2.48 bits per heavy atom. The Morgan fingerprint density at radius 1 is 1.24 bits per heavy atom. The van der Waals surface area contributed by atoms with Crippen molar-refractivity contribution in [2.45, 2.75) is 6.43 Å². The Hall–Kier alpha value is -1.86. The van der Waals surface area contributed by atoms with Crippen molar-refractivity contribution in [3.63, 3.8) is 0 Å². The molecule has 1 aromatic heterocycles. The average molecular weight is 337 g/mol. The molecular weight excluding hydrogens is 332 g/mol. The molecule has 0 fully saturated rings. The first-order valence-electron chi connectivity index (χ1n) is 5.39. The summed E-state index contributed by atoms with van der Waals surface area (Å²) in [5, 5.41) is 9.94. The lowest BCUT2D eigenvalue weighted by Gasteiger charge is -2.09. The van der Waals surface area contributed by atoms with Crippen LogP contribution in [0.1, 0.15) is 12.1 Å². The average Bonchev–Trinajstić information content (AvgIpc) is 2.39. The van der Waals surface area contributed by atoms with Crippen molar-refractivity contribution >= 4 is 28.9 Å². The molecule has 9 heteroatoms. The van der Waals surface area contributed by atoms with E-state index in [0.29, 0.717) is 0 Å². The van der Waals surface area contributed by atoms with Crippen molar-refractivity contribution in [2.75, 3.05) is 0 Å². The summed E-state index contributed by atoms with van der Waals surface area (Å²) >= 11 is 11.3. The Bertz CT molecular complexity index is 726. The molecule has 21 heavy (non-hydrogen) atoms. The molecule has 1 heterocycles. The lowest BCUT2D eigenvalue weighted by molar-refractivity contribution is -0.384. The second-order valence-corrected chi connectivity index (χ2v) is 4.68. The first kappa shape index (κ1) is 15.5. The third-order valence-electron chi connectivity index (χ3n) is 2.65. The number of nitrogens with zero attached hydrogens (tertiary/aromatic N) is 2. The van der Waals surface area contributed by atoms with Crippen molar-refractivity contribution < 1.29 is 18.1 Å². The summed E-state index contributed by atoms with van der Waals surface area (Å²) in [5.41, 5.74) is -1.72. The Labute approximate surface area is 126 Å². The van der Waals surface area contributed by atoms with Gasteiger partial charge in [0.05, 0.1) is 9.95 Å². The number of halogens is 5. The van der Waals surface area contributed by atoms with Crippen LogP contribution in [0, 0.1) is 15.9 Å². The fourth-order valence-electron chi connectivity index (χ4n) is 1.70. The first-order chi connectivity index (χ1) is 9.82. The summed E-state index contributed by atoms with van der Waals surface area (Å²) in [6, 6.07) is 2.76. The van der Waals surface area contributed by atoms with Crippen LogP contribution in [0.2, 0.25) is 10.0 Å². The Balaban J connectivity index is 2.70. The number of rotatable bonds is 3. The second-order valence-electron chi connectivity index (χ2n) is 3.90. The van der Waals surface area contributed by atoms with E-state index in [-0.39, 0.29) is 11.1 Å². The van der Waals surface area contributed by atoms with Gasteiger partial charge in [0, 0.05) is 29.5 Å². The van der Waals surface area contributed by atoms with Gasteiger partial charge in [-0.05, 0) is 6.07 Å². The van der Waals surface area contributed by atoms with Crippen LogP contribution in [0.15, 0.2) is 24.4 Å². The van der Waals surface area contributed by atoms with Gasteiger partial charge in [0.2, 0.25) is 0 Å². The van der Waals surface area contributed by atoms with E-state index >= 15 is 0 Å². The molecule has 0 radical (unpaired) electrons. The molecule has 0 saturated heterocycles. The van der Waals surface area contributed by atoms with Crippen molar-refractivity contribution in [3.05, 3.63) is 56.1 Å². The van der Waals surface area contributed by atoms with E-state index < -0.39 is 38.6 Å². The van der Waals surface area contributed by atoms with Gasteiger partial charge in [-0.1, -0.05) is 23.2 Å². The van der Waals surface area contributed by atoms with Gasteiger partial charge in [-0.25, -0.2) is 13.2 Å². The minimum absolute atomic E-state index is 0.126. The Kier molecular flexibility index (Phi) is 4.34. The topological polar surface area (TPSA) is 56.0 Å². The third-order valence-corrected chi connectivity index (χ3v) is 3.35. The van der Waals surface area contributed by atoms with Crippen LogP contribution in [0.5, 0.6) is 0 Å². The highest BCUT2D eigenvalue weighted by Crippen LogP contribution is 2.38. The number of hydrogen-bond acceptors (Lipinski definition) is 3. The van der Waals surface area contributed by atoms with E-state index in [1.54, 1.807) is 0 Å². The van der Waals surface area contributed by atoms with E-state index in [9.17, 15) is 23.3 Å². The molecule has 0 amide bonds. The number of pyridine rings is 1. The fraction of sp³-hybridized carbons (Fsp3) is 0.0833. The molecule has 0 spiro atoms. The molecule has 2 rings (SSSR count). The third kappa shape index (κ3) is 2.93. The maximum Gasteiger partial charge on any atom is 0.288 e. The highest BCUT2D eigenvalue weighted by Gasteiger charge is 2.22. The van der Waals surface area contributed by atoms with Gasteiger partial charge < -0.3 is 0 Å². The van der Waals surface area contributed by atoms with Crippen LogP contribution < -0.4 is 0 Å². The van der Waals surface area contributed by atoms with Crippen molar-refractivity contribution in [3.8, 4) is 11.1 Å². The highest BCUT2D eigenvalue weighted by atomic mass is 35.5. The van der Waals surface area contributed by atoms with Crippen LogP contribution in [0.3, 0.4) is 0 Å². The van der Waals surface area contributed by atoms with Gasteiger partial charge in [0.25, 0.3) is 12.1 Å². The van der Waals surface area contributed by atoms with E-state index in [1.807, 2.05) is 0 Å². The molecule has 2 aromatic rings. The molecule has 110 valence electrons. The highest BCUT2D eigenvalue weighted by molar-refractivity contribution is 6.34. The van der Waals surface area contributed by atoms with Crippen LogP contribution in [0.4, 0.5) is 18.9 Å². The summed E-state index contributed by atoms with van der Waals surface area (Å²) in [4.78, 5) is 13.4. The normalized spacial score (nSPS) is 11.0. The maximum atomic E-state index is 13.9. The molecule has 0 aliphatic heterocycles. The van der Waals surface area contributed by atoms with Crippen LogP contribution in [-0.2, 0) is 0 Å². The van der Waals surface area contributed by atoms with E-state index in [1.165, 1.54) is 6.07 Å². The monoisotopic (exact) mass is 336 g/mol. The smallest absolute Gasteiger partial charge is 0.258 e. The lowest BCUT2D eigenvalue weighted by Crippen LogP contribution is -1.97. The first-order valence-corrected chi connectivity index (χ1v) is 6.15. The molecule has 0 N–H and O–H groups in total. The number of nitro benzene ring substituents is 1. The van der Waals surface area contributed by atoms with Crippen LogP contribution >= 0.6 is 23.2 Å². The molecule has 0 aliphatic rings. The zero-order valence-electron chi connectivity index (χ0n) is 9.99. The molecule has 4 nitrogen and oxygen atoms in total. The number of aromatic nitrogens is 1. The molecule has 0 unspecified atom stereocenters. The van der Waals surface area contributed by atoms with Crippen molar-refractivity contribution in [1.82, 2.24) is 4.98 Å². The molecule has 0 saturated carbocycles. The van der Waals surface area contributed by atoms with Gasteiger partial charge >= 0.3 is 0 Å². The van der Waals surface area contributed by atoms with E-state index in [0.717, 1.165) is 18.3 Å². The summed E-state index contributed by atoms with van der Waals surface area (Å²) in [6.45, 7) is 0. The minimum atomic E-state index is -2.96. The minimum Gasteiger partial charge on any atom is -0.258 e. The van der Waals surface area contributed by atoms with Gasteiger partial charge in [-0.2, -0.15) is 0 Å². The number of nitro groups is 1. The van der Waals surface area contributed by atoms with Gasteiger partial charge in [0.15, 0.2) is 0 Å². The molecule has 1 aromatic carbocycles. The van der Waals surface area contributed by atoms with Crippen molar-refractivity contribution in [2.24, 2.45) is 0 Å². The fourth-order valence-corrected chi connectivity index (χ4v) is 2.22. The number of hydrogen-bond donors (Lipinski definition) is 0. The predicted octanol–water partition coefficient (Wildman–Crippen LogP) is 5.04. The van der Waals surface area contributed by atoms with Crippen molar-refractivity contribution in [1.29, 1.82) is 0 Å². The molecule has 0 atom stereocenters. The number of alkyl halides is 2. The van der Waals surface area contributed by atoms with E-state index in [2.05, 4.69) is 4.98 Å². The zero-order chi connectivity index (χ0) is 15.7. The van der Waals surface area contributed by atoms with Gasteiger partial charge in [-0.15, -0.1) is 0 Å². The van der Waals surface area contributed by atoms with Crippen LogP contribution in [-0.4, -0.2) is 9.91 Å². The molecular formula is C12H5Cl2F3N2O2. The second kappa shape index (κ2) is 5.87. The standard InChI is InChI=1S/C12H5Cl2F3N2O2/c13-7-4-8(15)6(3-9(7)19(20)21)5-1-2-18-11(10(5)14)12(16)17/h1-4,12H.